The molecule has 32 nitrogen and oxygen atoms in total. The van der Waals surface area contributed by atoms with Crippen molar-refractivity contribution >= 4 is 164 Å². The Morgan fingerprint density at radius 1 is 0.512 bits per heavy atom. The van der Waals surface area contributed by atoms with E-state index in [-0.39, 0.29) is 54.6 Å². The summed E-state index contributed by atoms with van der Waals surface area (Å²) in [4.78, 5) is 194. The van der Waals surface area contributed by atoms with Crippen LogP contribution in [0, 0.1) is 0 Å². The molecule has 0 saturated carbocycles. The summed E-state index contributed by atoms with van der Waals surface area (Å²) in [5.41, 5.74) is 16.3. The van der Waals surface area contributed by atoms with E-state index in [9.17, 15) is 77.0 Å². The minimum absolute atomic E-state index is 0.0381. The van der Waals surface area contributed by atoms with Gasteiger partial charge in [-0.1, -0.05) is 0 Å². The molecule has 14 amide bonds. The van der Waals surface area contributed by atoms with E-state index >= 15 is 0 Å². The molecule has 1 fully saturated rings. The highest BCUT2D eigenvalue weighted by atomic mass is 32.1. The number of nitrogens with two attached hydrogens (primary N) is 3. The Morgan fingerprint density at radius 3 is 1.38 bits per heavy atom. The third-order valence-corrected chi connectivity index (χ3v) is 14.0. The lowest BCUT2D eigenvalue weighted by Gasteiger charge is -2.30. The average molecular weight is 1280 g/mol. The fourth-order valence-corrected chi connectivity index (χ4v) is 8.57. The molecule has 13 atom stereocenters. The van der Waals surface area contributed by atoms with E-state index in [4.69, 9.17) is 22.3 Å². The number of carbonyl (C=O) groups excluding carboxylic acids is 14. The smallest absolute Gasteiger partial charge is 0.327 e. The number of carboxylic acids is 1. The van der Waals surface area contributed by atoms with Crippen LogP contribution in [0.1, 0.15) is 52.9 Å². The molecule has 82 heavy (non-hydrogen) atoms. The zero-order chi connectivity index (χ0) is 62.7. The molecular formula is C44H73N15O17S6. The molecule has 1 rings (SSSR count). The summed E-state index contributed by atoms with van der Waals surface area (Å²) in [5, 5.41) is 44.7. The number of rotatable bonds is 36. The Bertz CT molecular complexity index is 2350. The van der Waals surface area contributed by atoms with Crippen LogP contribution in [0.15, 0.2) is 0 Å². The molecule has 0 radical (unpaired) electrons. The quantitative estimate of drug-likeness (QED) is 0.0259. The number of carboxylic acid groups (broad SMARTS) is 1. The molecule has 0 spiro atoms. The summed E-state index contributed by atoms with van der Waals surface area (Å²) < 4.78 is 0. The third-order valence-electron chi connectivity index (χ3n) is 11.8. The van der Waals surface area contributed by atoms with Gasteiger partial charge in [0, 0.05) is 47.5 Å². The van der Waals surface area contributed by atoms with Gasteiger partial charge in [-0.25, -0.2) is 4.79 Å². The molecule has 0 aromatic heterocycles. The summed E-state index contributed by atoms with van der Waals surface area (Å²) >= 11 is 24.2. The average Bonchev–Trinajstić information content (AvgIpc) is 4.06. The van der Waals surface area contributed by atoms with E-state index in [2.05, 4.69) is 134 Å². The zero-order valence-corrected chi connectivity index (χ0v) is 49.9. The van der Waals surface area contributed by atoms with Crippen LogP contribution in [-0.2, 0) is 71.9 Å². The fourth-order valence-electron chi connectivity index (χ4n) is 7.13. The molecule has 462 valence electrons. The van der Waals surface area contributed by atoms with Crippen molar-refractivity contribution in [1.82, 2.24) is 63.4 Å². The number of carbonyl (C=O) groups is 15. The van der Waals surface area contributed by atoms with Crippen molar-refractivity contribution in [2.45, 2.75) is 131 Å². The van der Waals surface area contributed by atoms with Crippen LogP contribution in [0.3, 0.4) is 0 Å². The van der Waals surface area contributed by atoms with Crippen molar-refractivity contribution in [2.24, 2.45) is 17.2 Å². The molecular weight excluding hydrogens is 1200 g/mol. The molecule has 1 heterocycles. The summed E-state index contributed by atoms with van der Waals surface area (Å²) in [6.07, 6.45) is -2.81. The van der Waals surface area contributed by atoms with Gasteiger partial charge >= 0.3 is 5.97 Å². The van der Waals surface area contributed by atoms with E-state index in [0.29, 0.717) is 0 Å². The largest absolute Gasteiger partial charge is 0.480 e. The number of likely N-dealkylation sites (tertiary alicyclic amines) is 1. The van der Waals surface area contributed by atoms with Crippen molar-refractivity contribution in [1.29, 1.82) is 0 Å². The van der Waals surface area contributed by atoms with Crippen LogP contribution in [-0.4, -0.2) is 230 Å². The summed E-state index contributed by atoms with van der Waals surface area (Å²) in [6.45, 7) is 2.76. The SMILES string of the molecule is C[C@H](NC(=O)[C@H](CCC(N)=O)NC(=O)[C@H](CS)NC(=O)[C@@H](N)CS)C(=O)N[C@@H](CS)C(=O)N[C@@H](CS)C(=O)N[C@@H](CC(N)=O)C(=O)N1CCC[C@H]1C(=O)N[C@@H](C)C(=O)N[C@@H](CS)C(=O)N[C@H](C(=O)NCC(=O)N[C@@H](CS)C(=O)O)[C@@H](C)O. The lowest BCUT2D eigenvalue weighted by Crippen LogP contribution is -2.61. The summed E-state index contributed by atoms with van der Waals surface area (Å²) in [6, 6.07) is -17.2. The number of aliphatic carboxylic acids is 1. The molecule has 0 bridgehead atoms. The Morgan fingerprint density at radius 2 is 0.939 bits per heavy atom. The van der Waals surface area contributed by atoms with Gasteiger partial charge in [0.15, 0.2) is 0 Å². The number of thiol groups is 6. The fraction of sp³-hybridized carbons (Fsp3) is 0.659. The van der Waals surface area contributed by atoms with Crippen molar-refractivity contribution < 1.29 is 82.1 Å². The lowest BCUT2D eigenvalue weighted by molar-refractivity contribution is -0.143. The van der Waals surface area contributed by atoms with Gasteiger partial charge in [0.05, 0.1) is 25.1 Å². The number of nitrogens with one attached hydrogen (secondary N) is 11. The van der Waals surface area contributed by atoms with Crippen molar-refractivity contribution in [3.8, 4) is 0 Å². The predicted octanol–water partition coefficient (Wildman–Crippen LogP) is -9.51. The van der Waals surface area contributed by atoms with Gasteiger partial charge in [0.25, 0.3) is 0 Å². The van der Waals surface area contributed by atoms with Crippen LogP contribution < -0.4 is 75.7 Å². The van der Waals surface area contributed by atoms with Gasteiger partial charge in [-0.3, -0.25) is 67.1 Å². The summed E-state index contributed by atoms with van der Waals surface area (Å²) in [7, 11) is 0. The highest BCUT2D eigenvalue weighted by molar-refractivity contribution is 7.81. The van der Waals surface area contributed by atoms with E-state index in [0.717, 1.165) is 11.8 Å². The molecule has 0 aromatic carbocycles. The molecule has 1 aliphatic heterocycles. The number of nitrogens with zero attached hydrogens (tertiary/aromatic N) is 1. The second-order valence-electron chi connectivity index (χ2n) is 18.3. The van der Waals surface area contributed by atoms with Crippen molar-refractivity contribution in [3.63, 3.8) is 0 Å². The van der Waals surface area contributed by atoms with Crippen LogP contribution in [0.5, 0.6) is 0 Å². The minimum atomic E-state index is -1.72. The highest BCUT2D eigenvalue weighted by Gasteiger charge is 2.41. The monoisotopic (exact) mass is 1280 g/mol. The zero-order valence-electron chi connectivity index (χ0n) is 44.6. The van der Waals surface area contributed by atoms with E-state index in [1.807, 2.05) is 0 Å². The van der Waals surface area contributed by atoms with Gasteiger partial charge < -0.3 is 90.8 Å². The molecule has 1 aliphatic rings. The standard InChI is InChI=1S/C44H73N15O17S6/c1-17(49-36(67)21(6-7-29(46)61)52-37(68)24(13-79)56-35(66)20(45)11-77)33(64)54-23(12-78)39(70)57-25(14-80)38(69)53-22(9-30(47)62)43(74)59-8-4-5-28(59)41(72)50-18(2)34(65)55-26(15-81)40(71)58-32(19(3)60)42(73)48-10-31(63)51-27(16-82)44(75)76/h17-28,32,60,77-82H,4-16,45H2,1-3H3,(H2,46,61)(H2,47,62)(H,48,73)(H,49,67)(H,50,72)(H,51,63)(H,52,68)(H,53,69)(H,54,64)(H,55,65)(H,56,66)(H,57,70)(H,58,71)(H,75,76)/t17-,18-,19+,20-,21-,22-,23-,24-,25-,26-,27-,28-,32-/m0/s1. The maximum atomic E-state index is 14.0. The van der Waals surface area contributed by atoms with Gasteiger partial charge in [0.1, 0.15) is 66.5 Å². The third kappa shape index (κ3) is 24.9. The second kappa shape index (κ2) is 37.3. The molecule has 0 aromatic rings. The predicted molar refractivity (Wildman–Crippen MR) is 311 cm³/mol. The number of hydrogen-bond acceptors (Lipinski definition) is 23. The minimum Gasteiger partial charge on any atom is -0.480 e. The van der Waals surface area contributed by atoms with Crippen molar-refractivity contribution in [3.05, 3.63) is 0 Å². The van der Waals surface area contributed by atoms with E-state index in [1.54, 1.807) is 0 Å². The molecule has 0 unspecified atom stereocenters. The van der Waals surface area contributed by atoms with Gasteiger partial charge in [-0.15, -0.1) is 0 Å². The normalized spacial score (nSPS) is 17.2. The van der Waals surface area contributed by atoms with Gasteiger partial charge in [0.2, 0.25) is 82.7 Å². The first-order valence-electron chi connectivity index (χ1n) is 24.9. The molecule has 19 N–H and O–H groups in total. The van der Waals surface area contributed by atoms with Crippen LogP contribution in [0.2, 0.25) is 0 Å². The first-order chi connectivity index (χ1) is 38.4. The van der Waals surface area contributed by atoms with E-state index < -0.39 is 192 Å². The van der Waals surface area contributed by atoms with Crippen LogP contribution in [0.25, 0.3) is 0 Å². The first-order valence-corrected chi connectivity index (χ1v) is 28.7. The van der Waals surface area contributed by atoms with Crippen LogP contribution in [0.4, 0.5) is 0 Å². The number of primary amides is 2. The Labute approximate surface area is 503 Å². The number of aliphatic hydroxyl groups excluding tert-OH is 1. The topological polar surface area (TPSA) is 510 Å². The molecule has 38 heteroatoms. The highest BCUT2D eigenvalue weighted by Crippen LogP contribution is 2.20. The van der Waals surface area contributed by atoms with Gasteiger partial charge in [-0.2, -0.15) is 75.8 Å². The maximum Gasteiger partial charge on any atom is 0.327 e. The van der Waals surface area contributed by atoms with E-state index in [1.165, 1.54) is 13.8 Å². The molecule has 0 aliphatic carbocycles. The lowest BCUT2D eigenvalue weighted by atomic mass is 10.1. The van der Waals surface area contributed by atoms with Crippen LogP contribution >= 0.6 is 75.8 Å². The Balaban J connectivity index is 3.07. The summed E-state index contributed by atoms with van der Waals surface area (Å²) in [5.74, 6) is -16.5. The molecule has 1 saturated heterocycles. The Kier molecular flexibility index (Phi) is 33.7. The maximum absolute atomic E-state index is 14.0. The second-order valence-corrected chi connectivity index (χ2v) is 20.5. The van der Waals surface area contributed by atoms with Gasteiger partial charge in [-0.05, 0) is 40.0 Å². The Hall–Kier alpha value is -5.93. The van der Waals surface area contributed by atoms with Crippen molar-refractivity contribution in [2.75, 3.05) is 47.6 Å². The number of hydrogen-bond donors (Lipinski definition) is 22. The number of amides is 14. The number of aliphatic hydroxyl groups is 1. The first kappa shape index (κ1) is 74.1.